The molecule has 1 aliphatic carbocycles. The van der Waals surface area contributed by atoms with Crippen LogP contribution in [0.3, 0.4) is 0 Å². The molecule has 0 spiro atoms. The second-order valence-electron chi connectivity index (χ2n) is 4.13. The first-order valence-corrected chi connectivity index (χ1v) is 5.41. The van der Waals surface area contributed by atoms with Crippen LogP contribution < -0.4 is 11.4 Å². The average molecular weight is 216 g/mol. The van der Waals surface area contributed by atoms with Gasteiger partial charge >= 0.3 is 0 Å². The van der Waals surface area contributed by atoms with E-state index in [1.165, 1.54) is 18.3 Å². The molecule has 3 rings (SSSR count). The van der Waals surface area contributed by atoms with Crippen molar-refractivity contribution in [2.75, 3.05) is 5.84 Å². The van der Waals surface area contributed by atoms with Gasteiger partial charge in [0.1, 0.15) is 6.33 Å². The average Bonchev–Trinajstić information content (AvgIpc) is 2.32. The maximum absolute atomic E-state index is 11.8. The fraction of sp³-hybridized carbons (Fsp3) is 0.364. The van der Waals surface area contributed by atoms with Crippen LogP contribution in [0.1, 0.15) is 24.1 Å². The highest BCUT2D eigenvalue weighted by Crippen LogP contribution is 2.21. The number of pyridine rings is 1. The second-order valence-corrected chi connectivity index (χ2v) is 4.13. The minimum Gasteiger partial charge on any atom is -0.335 e. The highest BCUT2D eigenvalue weighted by Gasteiger charge is 2.14. The molecule has 0 atom stereocenters. The Morgan fingerprint density at radius 1 is 1.31 bits per heavy atom. The van der Waals surface area contributed by atoms with Crippen LogP contribution in [0.4, 0.5) is 0 Å². The molecule has 1 aliphatic rings. The van der Waals surface area contributed by atoms with Crippen LogP contribution in [-0.4, -0.2) is 14.6 Å². The van der Waals surface area contributed by atoms with Crippen molar-refractivity contribution in [1.82, 2.24) is 14.6 Å². The molecule has 0 amide bonds. The first kappa shape index (κ1) is 9.33. The predicted molar refractivity (Wildman–Crippen MR) is 60.6 cm³/mol. The monoisotopic (exact) mass is 216 g/mol. The van der Waals surface area contributed by atoms with Gasteiger partial charge in [0.25, 0.3) is 5.56 Å². The Morgan fingerprint density at radius 3 is 3.00 bits per heavy atom. The van der Waals surface area contributed by atoms with Crippen molar-refractivity contribution in [2.24, 2.45) is 0 Å². The maximum atomic E-state index is 11.8. The predicted octanol–water partition coefficient (Wildman–Crippen LogP) is 0.384. The van der Waals surface area contributed by atoms with E-state index in [0.29, 0.717) is 11.0 Å². The lowest BCUT2D eigenvalue weighted by molar-refractivity contribution is 0.670. The van der Waals surface area contributed by atoms with Crippen molar-refractivity contribution >= 4 is 11.0 Å². The second kappa shape index (κ2) is 3.30. The first-order chi connectivity index (χ1) is 7.75. The summed E-state index contributed by atoms with van der Waals surface area (Å²) < 4.78 is 0.999. The van der Waals surface area contributed by atoms with Crippen LogP contribution in [0.15, 0.2) is 17.2 Å². The Bertz CT molecular complexity index is 617. The van der Waals surface area contributed by atoms with Gasteiger partial charge in [-0.25, -0.2) is 14.6 Å². The van der Waals surface area contributed by atoms with Gasteiger partial charge in [0.15, 0.2) is 5.65 Å². The van der Waals surface area contributed by atoms with Crippen molar-refractivity contribution in [3.63, 3.8) is 0 Å². The van der Waals surface area contributed by atoms with Crippen LogP contribution >= 0.6 is 0 Å². The summed E-state index contributed by atoms with van der Waals surface area (Å²) >= 11 is 0. The lowest BCUT2D eigenvalue weighted by Gasteiger charge is -2.14. The van der Waals surface area contributed by atoms with Gasteiger partial charge in [-0.05, 0) is 37.3 Å². The molecule has 0 saturated carbocycles. The number of hydrogen-bond acceptors (Lipinski definition) is 4. The normalized spacial score (nSPS) is 15.0. The molecule has 0 aliphatic heterocycles. The number of nitrogens with two attached hydrogens (primary N) is 1. The Hall–Kier alpha value is -1.91. The molecule has 0 bridgehead atoms. The fourth-order valence-corrected chi connectivity index (χ4v) is 2.19. The number of aromatic nitrogens is 3. The van der Waals surface area contributed by atoms with Gasteiger partial charge in [0, 0.05) is 5.69 Å². The summed E-state index contributed by atoms with van der Waals surface area (Å²) in [5.74, 6) is 5.48. The SMILES string of the molecule is Nn1cnc2nc3c(cc2c1=O)CCCC3. The summed E-state index contributed by atoms with van der Waals surface area (Å²) in [5.41, 5.74) is 2.53. The van der Waals surface area contributed by atoms with Gasteiger partial charge in [-0.15, -0.1) is 0 Å². The van der Waals surface area contributed by atoms with Crippen molar-refractivity contribution in [1.29, 1.82) is 0 Å². The van der Waals surface area contributed by atoms with Gasteiger partial charge in [-0.2, -0.15) is 0 Å². The molecule has 2 aromatic rings. The van der Waals surface area contributed by atoms with E-state index in [1.54, 1.807) is 0 Å². The van der Waals surface area contributed by atoms with Crippen LogP contribution in [0.2, 0.25) is 0 Å². The van der Waals surface area contributed by atoms with E-state index in [-0.39, 0.29) is 5.56 Å². The third kappa shape index (κ3) is 1.28. The largest absolute Gasteiger partial charge is 0.335 e. The zero-order valence-electron chi connectivity index (χ0n) is 8.81. The third-order valence-electron chi connectivity index (χ3n) is 3.05. The Labute approximate surface area is 91.9 Å². The minimum absolute atomic E-state index is 0.231. The van der Waals surface area contributed by atoms with Gasteiger partial charge < -0.3 is 5.84 Å². The molecule has 2 aromatic heterocycles. The molecule has 0 saturated heterocycles. The first-order valence-electron chi connectivity index (χ1n) is 5.41. The van der Waals surface area contributed by atoms with E-state index in [2.05, 4.69) is 9.97 Å². The molecular formula is C11H12N4O. The van der Waals surface area contributed by atoms with Gasteiger partial charge in [0.2, 0.25) is 0 Å². The zero-order chi connectivity index (χ0) is 11.1. The Balaban J connectivity index is 2.36. The van der Waals surface area contributed by atoms with Gasteiger partial charge in [-0.3, -0.25) is 4.79 Å². The van der Waals surface area contributed by atoms with Gasteiger partial charge in [0.05, 0.1) is 5.39 Å². The van der Waals surface area contributed by atoms with E-state index < -0.39 is 0 Å². The third-order valence-corrected chi connectivity index (χ3v) is 3.05. The number of nitrogens with zero attached hydrogens (tertiary/aromatic N) is 3. The molecule has 2 heterocycles. The smallest absolute Gasteiger partial charge is 0.281 e. The summed E-state index contributed by atoms with van der Waals surface area (Å²) in [6.07, 6.45) is 5.62. The molecule has 5 heteroatoms. The molecule has 16 heavy (non-hydrogen) atoms. The molecular weight excluding hydrogens is 204 g/mol. The fourth-order valence-electron chi connectivity index (χ4n) is 2.19. The van der Waals surface area contributed by atoms with E-state index in [4.69, 9.17) is 5.84 Å². The number of nitrogen functional groups attached to an aromatic ring is 1. The number of fused-ring (bicyclic) bond motifs is 2. The van der Waals surface area contributed by atoms with E-state index in [9.17, 15) is 4.79 Å². The topological polar surface area (TPSA) is 73.8 Å². The molecule has 0 radical (unpaired) electrons. The Kier molecular flexibility index (Phi) is 1.92. The quantitative estimate of drug-likeness (QED) is 0.646. The van der Waals surface area contributed by atoms with E-state index in [1.807, 2.05) is 6.07 Å². The van der Waals surface area contributed by atoms with Crippen molar-refractivity contribution in [2.45, 2.75) is 25.7 Å². The molecule has 0 aromatic carbocycles. The summed E-state index contributed by atoms with van der Waals surface area (Å²) in [6.45, 7) is 0. The highest BCUT2D eigenvalue weighted by molar-refractivity contribution is 5.74. The standard InChI is InChI=1S/C11H12N4O/c12-15-6-13-10-8(11(15)16)5-7-3-1-2-4-9(7)14-10/h5-6H,1-4,12H2. The molecule has 5 nitrogen and oxygen atoms in total. The molecule has 0 fully saturated rings. The summed E-state index contributed by atoms with van der Waals surface area (Å²) in [5, 5.41) is 0.519. The zero-order valence-corrected chi connectivity index (χ0v) is 8.81. The minimum atomic E-state index is -0.231. The van der Waals surface area contributed by atoms with Crippen LogP contribution in [0, 0.1) is 0 Å². The summed E-state index contributed by atoms with van der Waals surface area (Å²) in [4.78, 5) is 20.3. The maximum Gasteiger partial charge on any atom is 0.281 e. The molecule has 82 valence electrons. The van der Waals surface area contributed by atoms with Crippen molar-refractivity contribution < 1.29 is 0 Å². The highest BCUT2D eigenvalue weighted by atomic mass is 16.1. The molecule has 0 unspecified atom stereocenters. The lowest BCUT2D eigenvalue weighted by Crippen LogP contribution is -2.27. The number of hydrogen-bond donors (Lipinski definition) is 1. The summed E-state index contributed by atoms with van der Waals surface area (Å²) in [7, 11) is 0. The number of aryl methyl sites for hydroxylation is 2. The van der Waals surface area contributed by atoms with Crippen LogP contribution in [0.5, 0.6) is 0 Å². The Morgan fingerprint density at radius 2 is 2.12 bits per heavy atom. The molecule has 2 N–H and O–H groups in total. The van der Waals surface area contributed by atoms with E-state index in [0.717, 1.165) is 29.6 Å². The van der Waals surface area contributed by atoms with Crippen LogP contribution in [-0.2, 0) is 12.8 Å². The number of rotatable bonds is 0. The lowest BCUT2D eigenvalue weighted by atomic mass is 9.95. The van der Waals surface area contributed by atoms with Gasteiger partial charge in [-0.1, -0.05) is 0 Å². The van der Waals surface area contributed by atoms with Crippen molar-refractivity contribution in [3.8, 4) is 0 Å². The van der Waals surface area contributed by atoms with Crippen LogP contribution in [0.25, 0.3) is 11.0 Å². The van der Waals surface area contributed by atoms with Crippen molar-refractivity contribution in [3.05, 3.63) is 34.0 Å². The van der Waals surface area contributed by atoms with E-state index >= 15 is 0 Å². The summed E-state index contributed by atoms with van der Waals surface area (Å²) in [6, 6.07) is 1.90.